The van der Waals surface area contributed by atoms with Crippen molar-refractivity contribution in [3.8, 4) is 0 Å². The van der Waals surface area contributed by atoms with Crippen LogP contribution in [0.5, 0.6) is 0 Å². The van der Waals surface area contributed by atoms with E-state index >= 15 is 0 Å². The van der Waals surface area contributed by atoms with Gasteiger partial charge in [-0.05, 0) is 43.7 Å². The number of rotatable bonds is 5. The van der Waals surface area contributed by atoms with E-state index in [4.69, 9.17) is 11.6 Å². The van der Waals surface area contributed by atoms with Gasteiger partial charge in [0, 0.05) is 36.0 Å². The highest BCUT2D eigenvalue weighted by Crippen LogP contribution is 2.31. The van der Waals surface area contributed by atoms with Gasteiger partial charge in [-0.2, -0.15) is 0 Å². The van der Waals surface area contributed by atoms with Gasteiger partial charge in [-0.3, -0.25) is 19.6 Å². The number of halogens is 1. The first-order valence-corrected chi connectivity index (χ1v) is 9.93. The molecule has 0 atom stereocenters. The average Bonchev–Trinajstić information content (AvgIpc) is 3.03. The third-order valence-corrected chi connectivity index (χ3v) is 6.06. The van der Waals surface area contributed by atoms with Gasteiger partial charge in [0.15, 0.2) is 0 Å². The molecule has 2 aromatic rings. The summed E-state index contributed by atoms with van der Waals surface area (Å²) in [5.74, 6) is 0.0323. The van der Waals surface area contributed by atoms with Gasteiger partial charge in [-0.25, -0.2) is 8.42 Å². The highest BCUT2D eigenvalue weighted by molar-refractivity contribution is 7.92. The van der Waals surface area contributed by atoms with Crippen molar-refractivity contribution in [3.05, 3.63) is 57.1 Å². The average molecular weight is 410 g/mol. The molecular formula is C17H16ClN3O5S. The maximum absolute atomic E-state index is 12.6. The summed E-state index contributed by atoms with van der Waals surface area (Å²) < 4.78 is 27.5. The summed E-state index contributed by atoms with van der Waals surface area (Å²) >= 11 is 5.95. The standard InChI is InChI=1S/C17H16ClN3O5S/c1-11-15(18)9-14(10-16(11)21(23)24)27(25,26)19-12-4-6-13(7-5-12)20-8-2-3-17(20)22/h4-7,9-10,19H,2-3,8H2,1H3. The maximum Gasteiger partial charge on any atom is 0.275 e. The minimum Gasteiger partial charge on any atom is -0.312 e. The Morgan fingerprint density at radius 1 is 1.22 bits per heavy atom. The van der Waals surface area contributed by atoms with E-state index in [1.165, 1.54) is 25.1 Å². The molecule has 1 aliphatic rings. The van der Waals surface area contributed by atoms with Gasteiger partial charge < -0.3 is 4.90 Å². The summed E-state index contributed by atoms with van der Waals surface area (Å²) in [5, 5.41) is 11.1. The molecule has 1 N–H and O–H groups in total. The number of nitro benzene ring substituents is 1. The Kier molecular flexibility index (Phi) is 5.07. The Morgan fingerprint density at radius 3 is 2.44 bits per heavy atom. The molecule has 27 heavy (non-hydrogen) atoms. The van der Waals surface area contributed by atoms with Crippen LogP contribution in [0.2, 0.25) is 5.02 Å². The van der Waals surface area contributed by atoms with Crippen LogP contribution in [-0.4, -0.2) is 25.8 Å². The Bertz CT molecular complexity index is 1020. The lowest BCUT2D eigenvalue weighted by molar-refractivity contribution is -0.385. The fourth-order valence-corrected chi connectivity index (χ4v) is 4.21. The van der Waals surface area contributed by atoms with Crippen molar-refractivity contribution in [3.63, 3.8) is 0 Å². The van der Waals surface area contributed by atoms with Crippen LogP contribution in [0.3, 0.4) is 0 Å². The zero-order chi connectivity index (χ0) is 19.8. The van der Waals surface area contributed by atoms with E-state index in [0.717, 1.165) is 12.5 Å². The van der Waals surface area contributed by atoms with E-state index in [0.29, 0.717) is 18.7 Å². The minimum atomic E-state index is -4.07. The second-order valence-electron chi connectivity index (χ2n) is 6.11. The van der Waals surface area contributed by atoms with E-state index in [9.17, 15) is 23.3 Å². The molecule has 3 rings (SSSR count). The van der Waals surface area contributed by atoms with E-state index in [1.807, 2.05) is 0 Å². The molecule has 0 aliphatic carbocycles. The van der Waals surface area contributed by atoms with Crippen LogP contribution in [-0.2, 0) is 14.8 Å². The number of carbonyl (C=O) groups is 1. The van der Waals surface area contributed by atoms with Crippen molar-refractivity contribution in [2.75, 3.05) is 16.2 Å². The van der Waals surface area contributed by atoms with Crippen LogP contribution in [0.4, 0.5) is 17.1 Å². The van der Waals surface area contributed by atoms with Crippen molar-refractivity contribution in [2.24, 2.45) is 0 Å². The lowest BCUT2D eigenvalue weighted by Crippen LogP contribution is -2.23. The number of nitrogens with zero attached hydrogens (tertiary/aromatic N) is 2. The monoisotopic (exact) mass is 409 g/mol. The second-order valence-corrected chi connectivity index (χ2v) is 8.20. The number of nitrogens with one attached hydrogen (secondary N) is 1. The first kappa shape index (κ1) is 19.1. The summed E-state index contributed by atoms with van der Waals surface area (Å²) in [4.78, 5) is 23.5. The van der Waals surface area contributed by atoms with Crippen LogP contribution in [0, 0.1) is 17.0 Å². The molecule has 1 saturated heterocycles. The van der Waals surface area contributed by atoms with Gasteiger partial charge in [0.2, 0.25) is 5.91 Å². The van der Waals surface area contributed by atoms with Crippen molar-refractivity contribution in [2.45, 2.75) is 24.7 Å². The lowest BCUT2D eigenvalue weighted by Gasteiger charge is -2.16. The summed E-state index contributed by atoms with van der Waals surface area (Å²) in [7, 11) is -4.07. The van der Waals surface area contributed by atoms with Crippen LogP contribution in [0.1, 0.15) is 18.4 Å². The number of anilines is 2. The largest absolute Gasteiger partial charge is 0.312 e. The molecule has 10 heteroatoms. The van der Waals surface area contributed by atoms with Crippen LogP contribution >= 0.6 is 11.6 Å². The first-order valence-electron chi connectivity index (χ1n) is 8.07. The summed E-state index contributed by atoms with van der Waals surface area (Å²) in [5.41, 5.74) is 0.783. The highest BCUT2D eigenvalue weighted by Gasteiger charge is 2.24. The zero-order valence-electron chi connectivity index (χ0n) is 14.3. The van der Waals surface area contributed by atoms with Gasteiger partial charge in [0.1, 0.15) is 0 Å². The number of nitro groups is 1. The smallest absolute Gasteiger partial charge is 0.275 e. The molecule has 1 fully saturated rings. The molecule has 0 saturated carbocycles. The quantitative estimate of drug-likeness (QED) is 0.600. The van der Waals surface area contributed by atoms with Crippen LogP contribution in [0.15, 0.2) is 41.3 Å². The topological polar surface area (TPSA) is 110 Å². The number of amides is 1. The van der Waals surface area contributed by atoms with Crippen LogP contribution in [0.25, 0.3) is 0 Å². The van der Waals surface area contributed by atoms with Gasteiger partial charge >= 0.3 is 0 Å². The zero-order valence-corrected chi connectivity index (χ0v) is 15.9. The van der Waals surface area contributed by atoms with E-state index in [1.54, 1.807) is 17.0 Å². The Balaban J connectivity index is 1.86. The molecule has 1 heterocycles. The number of hydrogen-bond acceptors (Lipinski definition) is 5. The SMILES string of the molecule is Cc1c(Cl)cc(S(=O)(=O)Nc2ccc(N3CCCC3=O)cc2)cc1[N+](=O)[O-]. The lowest BCUT2D eigenvalue weighted by atomic mass is 10.2. The van der Waals surface area contributed by atoms with Crippen molar-refractivity contribution in [1.29, 1.82) is 0 Å². The third kappa shape index (κ3) is 3.88. The molecule has 0 unspecified atom stereocenters. The Morgan fingerprint density at radius 2 is 1.89 bits per heavy atom. The van der Waals surface area contributed by atoms with Gasteiger partial charge in [-0.15, -0.1) is 0 Å². The maximum atomic E-state index is 12.6. The van der Waals surface area contributed by atoms with Gasteiger partial charge in [0.25, 0.3) is 15.7 Å². The fourth-order valence-electron chi connectivity index (χ4n) is 2.83. The summed E-state index contributed by atoms with van der Waals surface area (Å²) in [6, 6.07) is 8.49. The molecule has 0 radical (unpaired) electrons. The highest BCUT2D eigenvalue weighted by atomic mass is 35.5. The van der Waals surface area contributed by atoms with Gasteiger partial charge in [0.05, 0.1) is 14.8 Å². The molecule has 0 aromatic heterocycles. The fraction of sp³-hybridized carbons (Fsp3) is 0.235. The number of carbonyl (C=O) groups excluding carboxylic acids is 1. The molecule has 2 aromatic carbocycles. The predicted octanol–water partition coefficient (Wildman–Crippen LogP) is 3.48. The Labute approximate surface area is 160 Å². The minimum absolute atomic E-state index is 0.00697. The number of hydrogen-bond donors (Lipinski definition) is 1. The molecular weight excluding hydrogens is 394 g/mol. The van der Waals surface area contributed by atoms with Crippen LogP contribution < -0.4 is 9.62 Å². The van der Waals surface area contributed by atoms with Crippen molar-refractivity contribution >= 4 is 44.6 Å². The van der Waals surface area contributed by atoms with E-state index < -0.39 is 14.9 Å². The molecule has 1 aliphatic heterocycles. The number of sulfonamides is 1. The van der Waals surface area contributed by atoms with Crippen molar-refractivity contribution < 1.29 is 18.1 Å². The Hall–Kier alpha value is -2.65. The first-order chi connectivity index (χ1) is 12.7. The molecule has 1 amide bonds. The normalized spacial score (nSPS) is 14.4. The molecule has 0 spiro atoms. The van der Waals surface area contributed by atoms with Gasteiger partial charge in [-0.1, -0.05) is 11.6 Å². The summed E-state index contributed by atoms with van der Waals surface area (Å²) in [6.45, 7) is 2.08. The number of benzene rings is 2. The molecule has 0 bridgehead atoms. The molecule has 8 nitrogen and oxygen atoms in total. The van der Waals surface area contributed by atoms with Crippen molar-refractivity contribution in [1.82, 2.24) is 0 Å². The summed E-state index contributed by atoms with van der Waals surface area (Å²) in [6.07, 6.45) is 1.29. The van der Waals surface area contributed by atoms with E-state index in [2.05, 4.69) is 4.72 Å². The second kappa shape index (κ2) is 7.16. The van der Waals surface area contributed by atoms with E-state index in [-0.39, 0.29) is 32.8 Å². The molecule has 142 valence electrons. The third-order valence-electron chi connectivity index (χ3n) is 4.30. The predicted molar refractivity (Wildman–Crippen MR) is 102 cm³/mol.